The Kier molecular flexibility index (Phi) is 5.70. The maximum absolute atomic E-state index is 12.7. The molecule has 4 rings (SSSR count). The highest BCUT2D eigenvalue weighted by atomic mass is 16.2. The Hall–Kier alpha value is -3.68. The Morgan fingerprint density at radius 2 is 1.81 bits per heavy atom. The van der Waals surface area contributed by atoms with Crippen LogP contribution >= 0.6 is 0 Å². The first-order chi connectivity index (χ1) is 14.9. The number of urea groups is 1. The Bertz CT molecular complexity index is 1080. The minimum Gasteiger partial charge on any atom is -0.346 e. The van der Waals surface area contributed by atoms with Crippen molar-refractivity contribution in [1.82, 2.24) is 20.6 Å². The lowest BCUT2D eigenvalue weighted by molar-refractivity contribution is -0.122. The number of fused-ring (bicyclic) bond motifs is 1. The van der Waals surface area contributed by atoms with Crippen LogP contribution in [-0.2, 0) is 9.59 Å². The number of H-pyrrole nitrogens is 1. The van der Waals surface area contributed by atoms with Crippen molar-refractivity contribution in [3.8, 4) is 0 Å². The number of nitrogens with zero attached hydrogens (tertiary/aromatic N) is 2. The van der Waals surface area contributed by atoms with Crippen molar-refractivity contribution in [1.29, 1.82) is 0 Å². The maximum atomic E-state index is 12.7. The molecule has 0 aliphatic carbocycles. The predicted octanol–water partition coefficient (Wildman–Crippen LogP) is 3.28. The Morgan fingerprint density at radius 3 is 2.52 bits per heavy atom. The summed E-state index contributed by atoms with van der Waals surface area (Å²) in [5.41, 5.74) is 2.28. The van der Waals surface area contributed by atoms with Gasteiger partial charge < -0.3 is 15.6 Å². The van der Waals surface area contributed by atoms with Crippen molar-refractivity contribution in [3.63, 3.8) is 0 Å². The van der Waals surface area contributed by atoms with Gasteiger partial charge in [-0.05, 0) is 36.6 Å². The highest BCUT2D eigenvalue weighted by Gasteiger charge is 2.39. The Morgan fingerprint density at radius 1 is 1.10 bits per heavy atom. The average Bonchev–Trinajstić information content (AvgIpc) is 3.31. The zero-order chi connectivity index (χ0) is 22.0. The minimum atomic E-state index is -0.720. The number of benzene rings is 2. The third kappa shape index (κ3) is 4.28. The van der Waals surface area contributed by atoms with E-state index in [-0.39, 0.29) is 36.6 Å². The van der Waals surface area contributed by atoms with E-state index >= 15 is 0 Å². The van der Waals surface area contributed by atoms with E-state index in [0.29, 0.717) is 11.5 Å². The van der Waals surface area contributed by atoms with Gasteiger partial charge in [-0.1, -0.05) is 44.2 Å². The van der Waals surface area contributed by atoms with Gasteiger partial charge in [-0.2, -0.15) is 0 Å². The zero-order valence-electron chi connectivity index (χ0n) is 17.5. The van der Waals surface area contributed by atoms with Crippen LogP contribution in [-0.4, -0.2) is 33.9 Å². The molecule has 160 valence electrons. The van der Waals surface area contributed by atoms with E-state index in [2.05, 4.69) is 20.6 Å². The Balaban J connectivity index is 1.39. The molecule has 3 N–H and O–H groups in total. The molecule has 3 aromatic rings. The van der Waals surface area contributed by atoms with Crippen LogP contribution in [0.1, 0.15) is 38.6 Å². The maximum Gasteiger partial charge on any atom is 0.329 e. The number of aromatic amines is 1. The number of carbonyl (C=O) groups excluding carboxylic acids is 3. The third-order valence-electron chi connectivity index (χ3n) is 5.38. The van der Waals surface area contributed by atoms with Crippen LogP contribution in [0.15, 0.2) is 54.6 Å². The lowest BCUT2D eigenvalue weighted by Gasteiger charge is -2.20. The standard InChI is InChI=1S/C23H25N5O3/c1-14(2)20(21-24-16-10-6-7-11-17(16)25-21)27-19(29)13-12-18-22(30)28(23(31)26-18)15-8-4-3-5-9-15/h3-11,14,18,20H,12-13H2,1-2H3,(H,24,25)(H,26,31)(H,27,29)/t18-,20+/m0/s1. The van der Waals surface area contributed by atoms with E-state index in [1.54, 1.807) is 24.3 Å². The molecule has 1 aliphatic rings. The molecule has 0 spiro atoms. The molecule has 0 radical (unpaired) electrons. The van der Waals surface area contributed by atoms with Gasteiger partial charge in [-0.15, -0.1) is 0 Å². The summed E-state index contributed by atoms with van der Waals surface area (Å²) in [5.74, 6) is 0.275. The van der Waals surface area contributed by atoms with Crippen LogP contribution in [0.3, 0.4) is 0 Å². The minimum absolute atomic E-state index is 0.114. The second-order valence-electron chi connectivity index (χ2n) is 7.98. The second kappa shape index (κ2) is 8.59. The summed E-state index contributed by atoms with van der Waals surface area (Å²) >= 11 is 0. The fourth-order valence-corrected chi connectivity index (χ4v) is 3.74. The van der Waals surface area contributed by atoms with Gasteiger partial charge in [0.15, 0.2) is 0 Å². The monoisotopic (exact) mass is 419 g/mol. The van der Waals surface area contributed by atoms with E-state index in [9.17, 15) is 14.4 Å². The van der Waals surface area contributed by atoms with Gasteiger partial charge in [0.1, 0.15) is 11.9 Å². The number of hydrogen-bond acceptors (Lipinski definition) is 4. The summed E-state index contributed by atoms with van der Waals surface area (Å²) in [6, 6.07) is 15.0. The van der Waals surface area contributed by atoms with Gasteiger partial charge in [-0.3, -0.25) is 9.59 Å². The fraction of sp³-hybridized carbons (Fsp3) is 0.304. The lowest BCUT2D eigenvalue weighted by atomic mass is 10.0. The van der Waals surface area contributed by atoms with E-state index < -0.39 is 12.1 Å². The number of aromatic nitrogens is 2. The summed E-state index contributed by atoms with van der Waals surface area (Å²) < 4.78 is 0. The third-order valence-corrected chi connectivity index (χ3v) is 5.38. The van der Waals surface area contributed by atoms with E-state index in [1.165, 1.54) is 0 Å². The van der Waals surface area contributed by atoms with Gasteiger partial charge in [-0.25, -0.2) is 14.7 Å². The van der Waals surface area contributed by atoms with E-state index in [4.69, 9.17) is 0 Å². The largest absolute Gasteiger partial charge is 0.346 e. The number of carbonyl (C=O) groups is 3. The van der Waals surface area contributed by atoms with E-state index in [1.807, 2.05) is 44.2 Å². The molecule has 1 fully saturated rings. The molecule has 0 bridgehead atoms. The number of para-hydroxylation sites is 3. The van der Waals surface area contributed by atoms with Crippen LogP contribution in [0.5, 0.6) is 0 Å². The molecular weight excluding hydrogens is 394 g/mol. The summed E-state index contributed by atoms with van der Waals surface area (Å²) in [6.45, 7) is 4.02. The number of hydrogen-bond donors (Lipinski definition) is 3. The molecule has 0 unspecified atom stereocenters. The number of rotatable bonds is 7. The first-order valence-electron chi connectivity index (χ1n) is 10.4. The summed E-state index contributed by atoms with van der Waals surface area (Å²) in [6.07, 6.45) is 0.341. The van der Waals surface area contributed by atoms with Crippen LogP contribution in [0, 0.1) is 5.92 Å². The van der Waals surface area contributed by atoms with Crippen LogP contribution in [0.2, 0.25) is 0 Å². The van der Waals surface area contributed by atoms with E-state index in [0.717, 1.165) is 15.9 Å². The molecule has 1 saturated heterocycles. The number of imidazole rings is 1. The average molecular weight is 419 g/mol. The molecule has 8 nitrogen and oxygen atoms in total. The number of amides is 4. The highest BCUT2D eigenvalue weighted by molar-refractivity contribution is 6.21. The highest BCUT2D eigenvalue weighted by Crippen LogP contribution is 2.23. The number of anilines is 1. The summed E-state index contributed by atoms with van der Waals surface area (Å²) in [4.78, 5) is 46.6. The molecule has 2 atom stereocenters. The molecule has 1 aliphatic heterocycles. The summed E-state index contributed by atoms with van der Waals surface area (Å²) in [5, 5.41) is 5.69. The van der Waals surface area contributed by atoms with Crippen molar-refractivity contribution in [2.75, 3.05) is 4.90 Å². The molecule has 1 aromatic heterocycles. The normalized spacial score (nSPS) is 17.3. The van der Waals surface area contributed by atoms with Gasteiger partial charge in [0.2, 0.25) is 5.91 Å². The zero-order valence-corrected chi connectivity index (χ0v) is 17.5. The van der Waals surface area contributed by atoms with Gasteiger partial charge in [0, 0.05) is 6.42 Å². The van der Waals surface area contributed by atoms with Crippen molar-refractivity contribution < 1.29 is 14.4 Å². The number of imide groups is 1. The SMILES string of the molecule is CC(C)[C@@H](NC(=O)CC[C@@H]1NC(=O)N(c2ccccc2)C1=O)c1nc2ccccc2[nH]1. The first-order valence-corrected chi connectivity index (χ1v) is 10.4. The summed E-state index contributed by atoms with van der Waals surface area (Å²) in [7, 11) is 0. The molecule has 4 amide bonds. The molecule has 8 heteroatoms. The smallest absolute Gasteiger partial charge is 0.329 e. The van der Waals surface area contributed by atoms with Crippen molar-refractivity contribution >= 4 is 34.6 Å². The molecule has 2 aromatic carbocycles. The van der Waals surface area contributed by atoms with Gasteiger partial charge in [0.05, 0.1) is 22.8 Å². The quantitative estimate of drug-likeness (QED) is 0.511. The van der Waals surface area contributed by atoms with Crippen LogP contribution < -0.4 is 15.5 Å². The van der Waals surface area contributed by atoms with Crippen molar-refractivity contribution in [2.24, 2.45) is 5.92 Å². The van der Waals surface area contributed by atoms with Gasteiger partial charge >= 0.3 is 6.03 Å². The molecular formula is C23H25N5O3. The first kappa shape index (κ1) is 20.6. The molecule has 0 saturated carbocycles. The number of nitrogens with one attached hydrogen (secondary N) is 3. The van der Waals surface area contributed by atoms with Crippen molar-refractivity contribution in [3.05, 3.63) is 60.4 Å². The molecule has 31 heavy (non-hydrogen) atoms. The topological polar surface area (TPSA) is 107 Å². The second-order valence-corrected chi connectivity index (χ2v) is 7.98. The lowest BCUT2D eigenvalue weighted by Crippen LogP contribution is -2.35. The van der Waals surface area contributed by atoms with Crippen LogP contribution in [0.25, 0.3) is 11.0 Å². The van der Waals surface area contributed by atoms with Gasteiger partial charge in [0.25, 0.3) is 5.91 Å². The predicted molar refractivity (Wildman–Crippen MR) is 117 cm³/mol. The molecule has 2 heterocycles. The Labute approximate surface area is 180 Å². The fourth-order valence-electron chi connectivity index (χ4n) is 3.74. The van der Waals surface area contributed by atoms with Crippen molar-refractivity contribution in [2.45, 2.75) is 38.8 Å². The van der Waals surface area contributed by atoms with Crippen LogP contribution in [0.4, 0.5) is 10.5 Å².